The van der Waals surface area contributed by atoms with Gasteiger partial charge < -0.3 is 39.7 Å². The van der Waals surface area contributed by atoms with Crippen LogP contribution in [-0.2, 0) is 19.0 Å². The Kier molecular flexibility index (Phi) is 6.90. The lowest BCUT2D eigenvalue weighted by Crippen LogP contribution is -2.69. The third-order valence-electron chi connectivity index (χ3n) is 9.43. The van der Waals surface area contributed by atoms with E-state index in [0.717, 1.165) is 6.08 Å². The van der Waals surface area contributed by atoms with Crippen molar-refractivity contribution in [2.45, 2.75) is 113 Å². The Labute approximate surface area is 242 Å². The van der Waals surface area contributed by atoms with Gasteiger partial charge in [0.2, 0.25) is 0 Å². The smallest absolute Gasteiger partial charge is 0.198 e. The predicted octanol–water partition coefficient (Wildman–Crippen LogP) is 1.72. The Morgan fingerprint density at radius 3 is 2.38 bits per heavy atom. The average Bonchev–Trinajstić information content (AvgIpc) is 2.90. The van der Waals surface area contributed by atoms with Gasteiger partial charge in [0.25, 0.3) is 0 Å². The van der Waals surface area contributed by atoms with Gasteiger partial charge >= 0.3 is 0 Å². The number of aliphatic hydroxyl groups is 4. The topological polar surface area (TPSA) is 180 Å². The lowest BCUT2D eigenvalue weighted by molar-refractivity contribution is -0.260. The SMILES string of the molecule is CC1OC(OC2CCC(c3ccc4c(c3O)C(=O)C3=C(C4=O)[C@]4(O)C(=O)C[C@@](C)(O)C[C@@]4(O)C=C3)OC2C)CCC1O. The number of allylic oxidation sites excluding steroid dienone is 2. The largest absolute Gasteiger partial charge is 0.507 e. The number of phenolic OH excluding ortho intramolecular Hbond substituents is 1. The Bertz CT molecular complexity index is 1430. The number of carbonyl (C=O) groups is 3. The second-order valence-electron chi connectivity index (χ2n) is 12.6. The molecule has 11 nitrogen and oxygen atoms in total. The number of aromatic hydroxyl groups is 1. The molecule has 6 unspecified atom stereocenters. The number of rotatable bonds is 3. The highest BCUT2D eigenvalue weighted by Crippen LogP contribution is 2.52. The summed E-state index contributed by atoms with van der Waals surface area (Å²) in [5.41, 5.74) is -7.64. The van der Waals surface area contributed by atoms with Crippen LogP contribution in [0.5, 0.6) is 5.75 Å². The molecule has 1 aromatic carbocycles. The van der Waals surface area contributed by atoms with E-state index in [1.807, 2.05) is 6.92 Å². The first kappa shape index (κ1) is 29.3. The van der Waals surface area contributed by atoms with Crippen molar-refractivity contribution in [1.82, 2.24) is 0 Å². The van der Waals surface area contributed by atoms with E-state index in [4.69, 9.17) is 14.2 Å². The monoisotopic (exact) mass is 584 g/mol. The van der Waals surface area contributed by atoms with Gasteiger partial charge in [0.1, 0.15) is 11.4 Å². The van der Waals surface area contributed by atoms with Crippen molar-refractivity contribution in [2.75, 3.05) is 0 Å². The van der Waals surface area contributed by atoms with E-state index in [-0.39, 0.29) is 35.0 Å². The molecule has 6 rings (SSSR count). The van der Waals surface area contributed by atoms with Gasteiger partial charge in [-0.2, -0.15) is 0 Å². The van der Waals surface area contributed by atoms with E-state index in [2.05, 4.69) is 0 Å². The number of aliphatic hydroxyl groups excluding tert-OH is 1. The van der Waals surface area contributed by atoms with Crippen LogP contribution in [0.2, 0.25) is 0 Å². The minimum absolute atomic E-state index is 0.202. The lowest BCUT2D eigenvalue weighted by atomic mass is 9.57. The van der Waals surface area contributed by atoms with E-state index in [1.54, 1.807) is 6.92 Å². The summed E-state index contributed by atoms with van der Waals surface area (Å²) in [5.74, 6) is -3.04. The molecule has 5 N–H and O–H groups in total. The van der Waals surface area contributed by atoms with E-state index in [0.29, 0.717) is 31.2 Å². The zero-order chi connectivity index (χ0) is 30.4. The fourth-order valence-electron chi connectivity index (χ4n) is 7.16. The molecule has 2 heterocycles. The number of ketones is 3. The van der Waals surface area contributed by atoms with E-state index >= 15 is 0 Å². The molecule has 226 valence electrons. The van der Waals surface area contributed by atoms with Gasteiger partial charge in [0.15, 0.2) is 29.2 Å². The van der Waals surface area contributed by atoms with Crippen molar-refractivity contribution in [3.63, 3.8) is 0 Å². The van der Waals surface area contributed by atoms with Crippen LogP contribution in [0.3, 0.4) is 0 Å². The molecule has 0 spiro atoms. The summed E-state index contributed by atoms with van der Waals surface area (Å²) in [6.07, 6.45) is 0.838. The maximum atomic E-state index is 13.8. The van der Waals surface area contributed by atoms with Gasteiger partial charge in [-0.1, -0.05) is 12.1 Å². The van der Waals surface area contributed by atoms with Crippen molar-refractivity contribution in [3.8, 4) is 5.75 Å². The summed E-state index contributed by atoms with van der Waals surface area (Å²) in [6.45, 7) is 4.98. The van der Waals surface area contributed by atoms with E-state index in [1.165, 1.54) is 25.1 Å². The Hall–Kier alpha value is -2.77. The molecule has 1 saturated carbocycles. The first-order chi connectivity index (χ1) is 19.7. The van der Waals surface area contributed by atoms with E-state index < -0.39 is 76.8 Å². The summed E-state index contributed by atoms with van der Waals surface area (Å²) in [6, 6.07) is 2.84. The molecule has 0 radical (unpaired) electrons. The predicted molar refractivity (Wildman–Crippen MR) is 145 cm³/mol. The molecule has 3 aliphatic carbocycles. The van der Waals surface area contributed by atoms with Crippen LogP contribution in [0, 0.1) is 0 Å². The highest BCUT2D eigenvalue weighted by Gasteiger charge is 2.66. The van der Waals surface area contributed by atoms with Crippen LogP contribution >= 0.6 is 0 Å². The van der Waals surface area contributed by atoms with Crippen molar-refractivity contribution in [3.05, 3.63) is 52.1 Å². The highest BCUT2D eigenvalue weighted by atomic mass is 16.7. The number of Topliss-reactive ketones (excluding diaryl/α,β-unsaturated/α-hetero) is 3. The number of benzene rings is 1. The second kappa shape index (κ2) is 9.88. The number of ether oxygens (including phenoxy) is 3. The minimum atomic E-state index is -2.73. The van der Waals surface area contributed by atoms with Gasteiger partial charge in [-0.05, 0) is 52.2 Å². The minimum Gasteiger partial charge on any atom is -0.507 e. The van der Waals surface area contributed by atoms with Crippen molar-refractivity contribution in [2.24, 2.45) is 0 Å². The number of phenols is 1. The molecule has 11 heteroatoms. The normalized spacial score (nSPS) is 41.8. The van der Waals surface area contributed by atoms with Crippen LogP contribution < -0.4 is 0 Å². The standard InChI is InChI=1S/C31H36O11/c1-14-19(32)6-9-23(41-14)42-20-7-8-21(40-15(20)2)16-4-5-17-24(26(16)34)27(35)18-10-11-30(38)13-29(3,37)12-22(33)31(30,39)25(18)28(17)36/h4-5,10-11,14-15,19-21,23,32,34,37-39H,6-9,12-13H2,1-3H3/t14?,15?,19?,20?,21?,23?,29-,30+,31-/m1/s1. The zero-order valence-electron chi connectivity index (χ0n) is 23.7. The molecule has 5 aliphatic rings. The van der Waals surface area contributed by atoms with Gasteiger partial charge in [-0.3, -0.25) is 14.4 Å². The maximum Gasteiger partial charge on any atom is 0.198 e. The Balaban J connectivity index is 1.26. The van der Waals surface area contributed by atoms with Crippen molar-refractivity contribution in [1.29, 1.82) is 0 Å². The molecule has 9 atom stereocenters. The molecule has 1 aromatic rings. The summed E-state index contributed by atoms with van der Waals surface area (Å²) < 4.78 is 18.1. The summed E-state index contributed by atoms with van der Waals surface area (Å²) in [4.78, 5) is 40.6. The maximum absolute atomic E-state index is 13.8. The lowest BCUT2D eigenvalue weighted by Gasteiger charge is -2.51. The molecule has 0 amide bonds. The van der Waals surface area contributed by atoms with Gasteiger partial charge in [0, 0.05) is 36.0 Å². The fraction of sp³-hybridized carbons (Fsp3) is 0.581. The summed E-state index contributed by atoms with van der Waals surface area (Å²) in [5, 5.41) is 54.6. The second-order valence-corrected chi connectivity index (χ2v) is 12.6. The quantitative estimate of drug-likeness (QED) is 0.349. The fourth-order valence-corrected chi connectivity index (χ4v) is 7.16. The highest BCUT2D eigenvalue weighted by molar-refractivity contribution is 6.31. The molecular weight excluding hydrogens is 548 g/mol. The molecule has 0 aromatic heterocycles. The molecule has 3 fully saturated rings. The molecule has 0 bridgehead atoms. The van der Waals surface area contributed by atoms with Crippen LogP contribution in [-0.4, -0.2) is 90.4 Å². The molecule has 42 heavy (non-hydrogen) atoms. The van der Waals surface area contributed by atoms with Crippen LogP contribution in [0.1, 0.15) is 91.7 Å². The van der Waals surface area contributed by atoms with Gasteiger partial charge in [-0.25, -0.2) is 0 Å². The first-order valence-electron chi connectivity index (χ1n) is 14.4. The average molecular weight is 585 g/mol. The van der Waals surface area contributed by atoms with Crippen LogP contribution in [0.15, 0.2) is 35.4 Å². The molecule has 2 aliphatic heterocycles. The number of fused-ring (bicyclic) bond motifs is 3. The Morgan fingerprint density at radius 2 is 1.69 bits per heavy atom. The van der Waals surface area contributed by atoms with Crippen LogP contribution in [0.4, 0.5) is 0 Å². The summed E-state index contributed by atoms with van der Waals surface area (Å²) >= 11 is 0. The first-order valence-corrected chi connectivity index (χ1v) is 14.4. The number of hydrogen-bond acceptors (Lipinski definition) is 11. The third kappa shape index (κ3) is 4.33. The number of carbonyl (C=O) groups excluding carboxylic acids is 3. The van der Waals surface area contributed by atoms with Crippen molar-refractivity contribution >= 4 is 17.3 Å². The number of hydrogen-bond donors (Lipinski definition) is 5. The van der Waals surface area contributed by atoms with Crippen molar-refractivity contribution < 1.29 is 54.1 Å². The molecule has 2 saturated heterocycles. The van der Waals surface area contributed by atoms with E-state index in [9.17, 15) is 39.9 Å². The Morgan fingerprint density at radius 1 is 0.952 bits per heavy atom. The molecular formula is C31H36O11. The summed E-state index contributed by atoms with van der Waals surface area (Å²) in [7, 11) is 0. The third-order valence-corrected chi connectivity index (χ3v) is 9.43. The van der Waals surface area contributed by atoms with Crippen LogP contribution in [0.25, 0.3) is 0 Å². The van der Waals surface area contributed by atoms with Gasteiger partial charge in [-0.15, -0.1) is 0 Å². The van der Waals surface area contributed by atoms with Gasteiger partial charge in [0.05, 0.1) is 47.3 Å². The zero-order valence-corrected chi connectivity index (χ0v) is 23.7.